The summed E-state index contributed by atoms with van der Waals surface area (Å²) in [7, 11) is 1.71. The van der Waals surface area contributed by atoms with Crippen molar-refractivity contribution in [3.63, 3.8) is 0 Å². The summed E-state index contributed by atoms with van der Waals surface area (Å²) < 4.78 is 10.4. The van der Waals surface area contributed by atoms with Gasteiger partial charge in [0.1, 0.15) is 0 Å². The van der Waals surface area contributed by atoms with Crippen molar-refractivity contribution >= 4 is 11.3 Å². The first-order valence-corrected chi connectivity index (χ1v) is 6.61. The van der Waals surface area contributed by atoms with E-state index in [4.69, 9.17) is 9.47 Å². The summed E-state index contributed by atoms with van der Waals surface area (Å²) in [6.07, 6.45) is 2.09. The molecule has 0 radical (unpaired) electrons. The maximum Gasteiger partial charge on any atom is 0.0590 e. The van der Waals surface area contributed by atoms with Crippen LogP contribution in [0.5, 0.6) is 0 Å². The first-order valence-electron chi connectivity index (χ1n) is 5.73. The average Bonchev–Trinajstić information content (AvgIpc) is 2.80. The van der Waals surface area contributed by atoms with E-state index in [-0.39, 0.29) is 0 Å². The van der Waals surface area contributed by atoms with Crippen LogP contribution < -0.4 is 5.32 Å². The summed E-state index contributed by atoms with van der Waals surface area (Å²) in [5.41, 5.74) is 0. The molecule has 0 aliphatic rings. The number of ether oxygens (including phenoxy) is 2. The van der Waals surface area contributed by atoms with E-state index in [2.05, 4.69) is 22.8 Å². The minimum atomic E-state index is 0.784. The molecule has 4 heteroatoms. The molecule has 1 rings (SSSR count). The minimum absolute atomic E-state index is 0.784. The quantitative estimate of drug-likeness (QED) is 0.637. The van der Waals surface area contributed by atoms with Crippen molar-refractivity contribution in [3.8, 4) is 0 Å². The molecule has 0 saturated carbocycles. The van der Waals surface area contributed by atoms with Crippen molar-refractivity contribution in [1.82, 2.24) is 5.32 Å². The molecule has 1 N–H and O–H groups in total. The molecule has 0 aliphatic carbocycles. The van der Waals surface area contributed by atoms with Crippen LogP contribution in [0.1, 0.15) is 11.3 Å². The summed E-state index contributed by atoms with van der Waals surface area (Å²) in [5, 5.41) is 5.48. The third kappa shape index (κ3) is 6.95. The van der Waals surface area contributed by atoms with Gasteiger partial charge in [-0.05, 0) is 24.3 Å². The molecule has 0 saturated heterocycles. The fraction of sp³-hybridized carbons (Fsp3) is 0.667. The fourth-order valence-electron chi connectivity index (χ4n) is 1.34. The maximum absolute atomic E-state index is 5.43. The van der Waals surface area contributed by atoms with Crippen LogP contribution in [0.4, 0.5) is 0 Å². The Kier molecular flexibility index (Phi) is 8.34. The Balaban J connectivity index is 1.78. The van der Waals surface area contributed by atoms with E-state index in [0.29, 0.717) is 0 Å². The SMILES string of the molecule is COCCCOCCNCCc1cccs1. The molecule has 0 fully saturated rings. The van der Waals surface area contributed by atoms with E-state index in [1.165, 1.54) is 4.88 Å². The highest BCUT2D eigenvalue weighted by molar-refractivity contribution is 7.09. The number of nitrogens with one attached hydrogen (secondary N) is 1. The second kappa shape index (κ2) is 9.78. The lowest BCUT2D eigenvalue weighted by Gasteiger charge is -2.05. The van der Waals surface area contributed by atoms with Crippen molar-refractivity contribution in [2.75, 3.05) is 40.0 Å². The lowest BCUT2D eigenvalue weighted by atomic mass is 10.3. The predicted octanol–water partition coefficient (Wildman–Crippen LogP) is 1.93. The number of thiophene rings is 1. The first-order chi connectivity index (χ1) is 7.93. The average molecular weight is 243 g/mol. The van der Waals surface area contributed by atoms with Crippen LogP contribution in [0.3, 0.4) is 0 Å². The zero-order chi connectivity index (χ0) is 11.5. The van der Waals surface area contributed by atoms with E-state index >= 15 is 0 Å². The van der Waals surface area contributed by atoms with E-state index < -0.39 is 0 Å². The van der Waals surface area contributed by atoms with Gasteiger partial charge in [-0.2, -0.15) is 0 Å². The van der Waals surface area contributed by atoms with E-state index in [1.54, 1.807) is 7.11 Å². The van der Waals surface area contributed by atoms with E-state index in [9.17, 15) is 0 Å². The van der Waals surface area contributed by atoms with Gasteiger partial charge < -0.3 is 14.8 Å². The normalized spacial score (nSPS) is 10.8. The maximum atomic E-state index is 5.43. The first kappa shape index (κ1) is 13.6. The molecule has 0 aliphatic heterocycles. The topological polar surface area (TPSA) is 30.5 Å². The molecule has 92 valence electrons. The smallest absolute Gasteiger partial charge is 0.0590 e. The van der Waals surface area contributed by atoms with Crippen LogP contribution in [-0.4, -0.2) is 40.0 Å². The second-order valence-corrected chi connectivity index (χ2v) is 4.57. The van der Waals surface area contributed by atoms with Crippen molar-refractivity contribution in [2.24, 2.45) is 0 Å². The van der Waals surface area contributed by atoms with E-state index in [1.807, 2.05) is 11.3 Å². The van der Waals surface area contributed by atoms with Gasteiger partial charge in [-0.15, -0.1) is 11.3 Å². The van der Waals surface area contributed by atoms with Crippen LogP contribution in [-0.2, 0) is 15.9 Å². The minimum Gasteiger partial charge on any atom is -0.385 e. The number of methoxy groups -OCH3 is 1. The number of hydrogen-bond acceptors (Lipinski definition) is 4. The molecule has 0 atom stereocenters. The molecule has 0 unspecified atom stereocenters. The Morgan fingerprint density at radius 2 is 2.19 bits per heavy atom. The molecule has 1 heterocycles. The van der Waals surface area contributed by atoms with Gasteiger partial charge in [-0.3, -0.25) is 0 Å². The standard InChI is InChI=1S/C12H21NO2S/c1-14-8-3-9-15-10-7-13-6-5-12-4-2-11-16-12/h2,4,11,13H,3,5-10H2,1H3. The van der Waals surface area contributed by atoms with Crippen LogP contribution in [0.25, 0.3) is 0 Å². The Bertz CT molecular complexity index is 239. The molecule has 16 heavy (non-hydrogen) atoms. The molecule has 3 nitrogen and oxygen atoms in total. The van der Waals surface area contributed by atoms with Crippen LogP contribution >= 0.6 is 11.3 Å². The zero-order valence-corrected chi connectivity index (χ0v) is 10.7. The monoisotopic (exact) mass is 243 g/mol. The third-order valence-corrected chi connectivity index (χ3v) is 3.12. The summed E-state index contributed by atoms with van der Waals surface area (Å²) in [6, 6.07) is 4.27. The van der Waals surface area contributed by atoms with Gasteiger partial charge in [-0.1, -0.05) is 6.07 Å². The van der Waals surface area contributed by atoms with Crippen molar-refractivity contribution < 1.29 is 9.47 Å². The molecule has 1 aromatic rings. The molecule has 0 spiro atoms. The molecule has 0 amide bonds. The van der Waals surface area contributed by atoms with Gasteiger partial charge >= 0.3 is 0 Å². The lowest BCUT2D eigenvalue weighted by molar-refractivity contribution is 0.104. The summed E-state index contributed by atoms with van der Waals surface area (Å²) in [5.74, 6) is 0. The van der Waals surface area contributed by atoms with E-state index in [0.717, 1.165) is 45.8 Å². The van der Waals surface area contributed by atoms with Gasteiger partial charge in [0.2, 0.25) is 0 Å². The highest BCUT2D eigenvalue weighted by atomic mass is 32.1. The number of hydrogen-bond donors (Lipinski definition) is 1. The third-order valence-electron chi connectivity index (χ3n) is 2.19. The predicted molar refractivity (Wildman–Crippen MR) is 68.2 cm³/mol. The Morgan fingerprint density at radius 1 is 1.25 bits per heavy atom. The number of rotatable bonds is 10. The van der Waals surface area contributed by atoms with Gasteiger partial charge in [-0.25, -0.2) is 0 Å². The van der Waals surface area contributed by atoms with Gasteiger partial charge in [0.15, 0.2) is 0 Å². The highest BCUT2D eigenvalue weighted by Gasteiger charge is 1.93. The van der Waals surface area contributed by atoms with Crippen LogP contribution in [0.2, 0.25) is 0 Å². The second-order valence-electron chi connectivity index (χ2n) is 3.54. The van der Waals surface area contributed by atoms with Crippen molar-refractivity contribution in [2.45, 2.75) is 12.8 Å². The molecule has 0 bridgehead atoms. The molecule has 1 aromatic heterocycles. The highest BCUT2D eigenvalue weighted by Crippen LogP contribution is 2.07. The fourth-order valence-corrected chi connectivity index (χ4v) is 2.05. The van der Waals surface area contributed by atoms with Crippen LogP contribution in [0.15, 0.2) is 17.5 Å². The summed E-state index contributed by atoms with van der Waals surface area (Å²) in [6.45, 7) is 4.32. The Labute approximate surface area is 102 Å². The van der Waals surface area contributed by atoms with Gasteiger partial charge in [0.05, 0.1) is 6.61 Å². The van der Waals surface area contributed by atoms with Crippen molar-refractivity contribution in [1.29, 1.82) is 0 Å². The molecular weight excluding hydrogens is 222 g/mol. The van der Waals surface area contributed by atoms with Gasteiger partial charge in [0.25, 0.3) is 0 Å². The van der Waals surface area contributed by atoms with Crippen molar-refractivity contribution in [3.05, 3.63) is 22.4 Å². The Hall–Kier alpha value is -0.420. The summed E-state index contributed by atoms with van der Waals surface area (Å²) >= 11 is 1.82. The molecular formula is C12H21NO2S. The van der Waals surface area contributed by atoms with Crippen LogP contribution in [0, 0.1) is 0 Å². The summed E-state index contributed by atoms with van der Waals surface area (Å²) in [4.78, 5) is 1.44. The van der Waals surface area contributed by atoms with Gasteiger partial charge in [0, 0.05) is 38.3 Å². The largest absolute Gasteiger partial charge is 0.385 e. The zero-order valence-electron chi connectivity index (χ0n) is 9.91. The Morgan fingerprint density at radius 3 is 2.94 bits per heavy atom. The lowest BCUT2D eigenvalue weighted by Crippen LogP contribution is -2.22. The molecule has 0 aromatic carbocycles.